The van der Waals surface area contributed by atoms with Crippen LogP contribution in [-0.2, 0) is 22.4 Å². The number of pyridine rings is 1. The number of nitrogens with one attached hydrogen (secondary N) is 2. The lowest BCUT2D eigenvalue weighted by atomic mass is 9.92. The zero-order valence-corrected chi connectivity index (χ0v) is 25.8. The number of anilines is 1. The molecule has 226 valence electrons. The molecule has 7 rings (SSSR count). The predicted molar refractivity (Wildman–Crippen MR) is 176 cm³/mol. The Kier molecular flexibility index (Phi) is 8.53. The molecule has 2 aromatic carbocycles. The Balaban J connectivity index is 0.941. The lowest BCUT2D eigenvalue weighted by Gasteiger charge is -2.21. The molecule has 5 aromatic rings. The van der Waals surface area contributed by atoms with Gasteiger partial charge in [0, 0.05) is 53.8 Å². The fourth-order valence-corrected chi connectivity index (χ4v) is 6.96. The van der Waals surface area contributed by atoms with E-state index >= 15 is 0 Å². The predicted octanol–water partition coefficient (Wildman–Crippen LogP) is 8.14. The van der Waals surface area contributed by atoms with Crippen molar-refractivity contribution in [3.63, 3.8) is 0 Å². The lowest BCUT2D eigenvalue weighted by molar-refractivity contribution is -0.117. The molecule has 3 aromatic heterocycles. The molecule has 7 nitrogen and oxygen atoms in total. The SMILES string of the molecule is O=C(CCCCc1ccc(CCC2CCOCC2)cc1)c1c[nH]c2ccc(-c3ccc4nc(NC(=O)C5CC5)sc4n3)cc12. The number of rotatable bonds is 12. The third-order valence-electron chi connectivity index (χ3n) is 9.04. The number of fused-ring (bicyclic) bond motifs is 2. The van der Waals surface area contributed by atoms with Crippen molar-refractivity contribution in [3.8, 4) is 11.3 Å². The molecule has 8 heteroatoms. The molecule has 2 N–H and O–H groups in total. The summed E-state index contributed by atoms with van der Waals surface area (Å²) in [5.41, 5.74) is 6.96. The molecule has 2 aliphatic rings. The summed E-state index contributed by atoms with van der Waals surface area (Å²) >= 11 is 1.39. The van der Waals surface area contributed by atoms with Gasteiger partial charge in [-0.05, 0) is 99.1 Å². The highest BCUT2D eigenvalue weighted by atomic mass is 32.1. The van der Waals surface area contributed by atoms with Crippen LogP contribution in [0.15, 0.2) is 60.8 Å². The first-order chi connectivity index (χ1) is 21.6. The summed E-state index contributed by atoms with van der Waals surface area (Å²) in [4.78, 5) is 38.8. The number of aromatic amines is 1. The Labute approximate surface area is 261 Å². The molecule has 1 saturated heterocycles. The van der Waals surface area contributed by atoms with Crippen LogP contribution in [0.25, 0.3) is 32.5 Å². The largest absolute Gasteiger partial charge is 0.381 e. The van der Waals surface area contributed by atoms with Gasteiger partial charge in [0.05, 0.1) is 5.69 Å². The van der Waals surface area contributed by atoms with Crippen molar-refractivity contribution in [2.75, 3.05) is 18.5 Å². The molecule has 1 saturated carbocycles. The summed E-state index contributed by atoms with van der Waals surface area (Å²) in [7, 11) is 0. The third-order valence-corrected chi connectivity index (χ3v) is 9.92. The summed E-state index contributed by atoms with van der Waals surface area (Å²) in [6.07, 6.45) is 11.9. The van der Waals surface area contributed by atoms with Crippen LogP contribution < -0.4 is 5.32 Å². The van der Waals surface area contributed by atoms with E-state index in [0.717, 1.165) is 95.7 Å². The minimum Gasteiger partial charge on any atom is -0.381 e. The number of amides is 1. The van der Waals surface area contributed by atoms with Gasteiger partial charge < -0.3 is 15.0 Å². The van der Waals surface area contributed by atoms with Crippen molar-refractivity contribution in [1.29, 1.82) is 0 Å². The van der Waals surface area contributed by atoms with E-state index in [2.05, 4.69) is 39.6 Å². The molecule has 0 atom stereocenters. The first-order valence-corrected chi connectivity index (χ1v) is 16.8. The fraction of sp³-hybridized carbons (Fsp3) is 0.389. The quantitative estimate of drug-likeness (QED) is 0.110. The molecule has 1 amide bonds. The maximum absolute atomic E-state index is 13.3. The molecule has 1 aliphatic heterocycles. The van der Waals surface area contributed by atoms with Gasteiger partial charge in [0.1, 0.15) is 10.3 Å². The lowest BCUT2D eigenvalue weighted by Crippen LogP contribution is -2.16. The molecule has 0 spiro atoms. The first-order valence-electron chi connectivity index (χ1n) is 16.0. The Bertz CT molecular complexity index is 1780. The van der Waals surface area contributed by atoms with E-state index < -0.39 is 0 Å². The minimum absolute atomic E-state index is 0.0464. The van der Waals surface area contributed by atoms with Crippen LogP contribution in [0.5, 0.6) is 0 Å². The monoisotopic (exact) mass is 606 g/mol. The number of nitrogens with zero attached hydrogens (tertiary/aromatic N) is 2. The highest BCUT2D eigenvalue weighted by molar-refractivity contribution is 7.22. The van der Waals surface area contributed by atoms with Crippen molar-refractivity contribution < 1.29 is 14.3 Å². The van der Waals surface area contributed by atoms with E-state index in [-0.39, 0.29) is 17.6 Å². The van der Waals surface area contributed by atoms with Gasteiger partial charge in [0.2, 0.25) is 5.91 Å². The topological polar surface area (TPSA) is 97.0 Å². The second-order valence-electron chi connectivity index (χ2n) is 12.3. The van der Waals surface area contributed by atoms with Gasteiger partial charge in [0.25, 0.3) is 0 Å². The zero-order chi connectivity index (χ0) is 29.9. The standard InChI is InChI=1S/C36H38N4O3S/c41-33(4-2-1-3-23-5-7-24(8-6-23)9-10-25-17-19-43-20-18-25)29-22-37-31-14-13-27(21-28(29)31)30-15-16-32-35(38-30)44-36(39-32)40-34(42)26-11-12-26/h5-8,13-16,21-22,25-26,37H,1-4,9-12,17-20H2,(H,39,40,42). The molecule has 0 bridgehead atoms. The molecule has 0 radical (unpaired) electrons. The molecular formula is C36H38N4O3S. The number of aromatic nitrogens is 3. The van der Waals surface area contributed by atoms with E-state index in [1.807, 2.05) is 36.5 Å². The molecule has 1 aliphatic carbocycles. The number of hydrogen-bond acceptors (Lipinski definition) is 6. The second kappa shape index (κ2) is 13.0. The molecule has 0 unspecified atom stereocenters. The van der Waals surface area contributed by atoms with Gasteiger partial charge in [0.15, 0.2) is 10.9 Å². The van der Waals surface area contributed by atoms with Crippen LogP contribution in [0, 0.1) is 11.8 Å². The number of ketones is 1. The van der Waals surface area contributed by atoms with Gasteiger partial charge >= 0.3 is 0 Å². The summed E-state index contributed by atoms with van der Waals surface area (Å²) < 4.78 is 5.48. The van der Waals surface area contributed by atoms with Gasteiger partial charge in [-0.1, -0.05) is 41.7 Å². The Hall–Kier alpha value is -3.88. The smallest absolute Gasteiger partial charge is 0.229 e. The van der Waals surface area contributed by atoms with Gasteiger partial charge in [-0.3, -0.25) is 9.59 Å². The average molecular weight is 607 g/mol. The number of carbonyl (C=O) groups excluding carboxylic acids is 2. The Morgan fingerprint density at radius 3 is 2.50 bits per heavy atom. The van der Waals surface area contributed by atoms with E-state index in [4.69, 9.17) is 9.72 Å². The highest BCUT2D eigenvalue weighted by Crippen LogP contribution is 2.33. The number of ether oxygens (including phenoxy) is 1. The van der Waals surface area contributed by atoms with Crippen molar-refractivity contribution in [2.45, 2.75) is 64.2 Å². The van der Waals surface area contributed by atoms with E-state index in [0.29, 0.717) is 11.6 Å². The maximum atomic E-state index is 13.3. The molecule has 2 fully saturated rings. The van der Waals surface area contributed by atoms with Gasteiger partial charge in [-0.15, -0.1) is 0 Å². The second-order valence-corrected chi connectivity index (χ2v) is 13.3. The molecule has 44 heavy (non-hydrogen) atoms. The number of H-pyrrole nitrogens is 1. The summed E-state index contributed by atoms with van der Waals surface area (Å²) in [5.74, 6) is 1.14. The number of benzene rings is 2. The van der Waals surface area contributed by atoms with Crippen LogP contribution >= 0.6 is 11.3 Å². The van der Waals surface area contributed by atoms with E-state index in [1.54, 1.807) is 0 Å². The van der Waals surface area contributed by atoms with Crippen LogP contribution in [0.4, 0.5) is 5.13 Å². The summed E-state index contributed by atoms with van der Waals surface area (Å²) in [6.45, 7) is 1.83. The third kappa shape index (κ3) is 6.76. The first kappa shape index (κ1) is 28.9. The summed E-state index contributed by atoms with van der Waals surface area (Å²) in [6, 6.07) is 19.0. The van der Waals surface area contributed by atoms with Crippen molar-refractivity contribution in [1.82, 2.24) is 15.0 Å². The van der Waals surface area contributed by atoms with E-state index in [9.17, 15) is 9.59 Å². The average Bonchev–Trinajstić information content (AvgIpc) is 3.71. The van der Waals surface area contributed by atoms with Gasteiger partial charge in [-0.2, -0.15) is 0 Å². The van der Waals surface area contributed by atoms with Crippen LogP contribution in [0.1, 0.15) is 72.9 Å². The van der Waals surface area contributed by atoms with Crippen molar-refractivity contribution in [2.24, 2.45) is 11.8 Å². The maximum Gasteiger partial charge on any atom is 0.229 e. The minimum atomic E-state index is 0.0464. The number of thiazole rings is 1. The Morgan fingerprint density at radius 1 is 0.909 bits per heavy atom. The number of unbranched alkanes of at least 4 members (excludes halogenated alkanes) is 1. The van der Waals surface area contributed by atoms with Crippen LogP contribution in [-0.4, -0.2) is 39.9 Å². The summed E-state index contributed by atoms with van der Waals surface area (Å²) in [5, 5.41) is 4.44. The van der Waals surface area contributed by atoms with E-state index in [1.165, 1.54) is 41.7 Å². The number of hydrogen-bond donors (Lipinski definition) is 2. The number of aryl methyl sites for hydroxylation is 2. The normalized spacial score (nSPS) is 15.6. The molecule has 4 heterocycles. The van der Waals surface area contributed by atoms with Crippen molar-refractivity contribution >= 4 is 49.4 Å². The number of Topliss-reactive ketones (excluding diaryl/α,β-unsaturated/α-hetero) is 1. The number of carbonyl (C=O) groups is 2. The van der Waals surface area contributed by atoms with Gasteiger partial charge in [-0.25, -0.2) is 9.97 Å². The fourth-order valence-electron chi connectivity index (χ4n) is 6.12. The zero-order valence-electron chi connectivity index (χ0n) is 24.9. The highest BCUT2D eigenvalue weighted by Gasteiger charge is 2.30. The van der Waals surface area contributed by atoms with Crippen LogP contribution in [0.3, 0.4) is 0 Å². The molecular weight excluding hydrogens is 568 g/mol. The van der Waals surface area contributed by atoms with Crippen LogP contribution in [0.2, 0.25) is 0 Å². The Morgan fingerprint density at radius 2 is 1.70 bits per heavy atom. The van der Waals surface area contributed by atoms with Crippen molar-refractivity contribution in [3.05, 3.63) is 77.5 Å².